The predicted octanol–water partition coefficient (Wildman–Crippen LogP) is 3.50. The molecule has 3 aromatic rings. The van der Waals surface area contributed by atoms with Gasteiger partial charge in [-0.2, -0.15) is 0 Å². The number of para-hydroxylation sites is 2. The summed E-state index contributed by atoms with van der Waals surface area (Å²) in [6.07, 6.45) is 0.904. The van der Waals surface area contributed by atoms with E-state index in [2.05, 4.69) is 5.32 Å². The molecule has 1 aliphatic rings. The molecular formula is C23H22N2O5. The molecule has 0 saturated carbocycles. The van der Waals surface area contributed by atoms with E-state index in [-0.39, 0.29) is 30.9 Å². The number of anilines is 2. The fourth-order valence-corrected chi connectivity index (χ4v) is 3.77. The average Bonchev–Trinajstić information content (AvgIpc) is 2.85. The van der Waals surface area contributed by atoms with Gasteiger partial charge in [0.1, 0.15) is 11.3 Å². The summed E-state index contributed by atoms with van der Waals surface area (Å²) in [5, 5.41) is 3.67. The zero-order chi connectivity index (χ0) is 21.3. The highest BCUT2D eigenvalue weighted by Gasteiger charge is 2.29. The van der Waals surface area contributed by atoms with Crippen LogP contribution in [-0.2, 0) is 16.0 Å². The van der Waals surface area contributed by atoms with E-state index in [0.717, 1.165) is 10.9 Å². The first kappa shape index (κ1) is 19.7. The zero-order valence-electron chi connectivity index (χ0n) is 16.8. The Morgan fingerprint density at radius 1 is 1.20 bits per heavy atom. The van der Waals surface area contributed by atoms with Gasteiger partial charge in [-0.15, -0.1) is 0 Å². The summed E-state index contributed by atoms with van der Waals surface area (Å²) in [4.78, 5) is 38.4. The van der Waals surface area contributed by atoms with Crippen LogP contribution >= 0.6 is 0 Å². The minimum atomic E-state index is -0.417. The van der Waals surface area contributed by atoms with Gasteiger partial charge in [-0.1, -0.05) is 19.1 Å². The summed E-state index contributed by atoms with van der Waals surface area (Å²) >= 11 is 0. The van der Waals surface area contributed by atoms with Crippen LogP contribution in [0.2, 0.25) is 0 Å². The standard InChI is InChI=1S/C23H22N2O5/c1-3-15-11-23(28)30-20-12-16(8-9-17(15)20)29-13-22(27)25-14(2)10-21(26)24-18-6-4-5-7-19(18)25/h4-9,11-12,14H,3,10,13H2,1-2H3,(H,24,26). The Kier molecular flexibility index (Phi) is 5.27. The van der Waals surface area contributed by atoms with Crippen molar-refractivity contribution in [1.29, 1.82) is 0 Å². The van der Waals surface area contributed by atoms with E-state index in [4.69, 9.17) is 9.15 Å². The lowest BCUT2D eigenvalue weighted by atomic mass is 10.1. The largest absolute Gasteiger partial charge is 0.484 e. The third kappa shape index (κ3) is 3.78. The van der Waals surface area contributed by atoms with Crippen molar-refractivity contribution in [1.82, 2.24) is 0 Å². The fourth-order valence-electron chi connectivity index (χ4n) is 3.77. The van der Waals surface area contributed by atoms with Crippen LogP contribution < -0.4 is 20.6 Å². The molecule has 2 heterocycles. The van der Waals surface area contributed by atoms with Crippen LogP contribution in [0.5, 0.6) is 5.75 Å². The Morgan fingerprint density at radius 2 is 2.00 bits per heavy atom. The molecule has 1 aliphatic heterocycles. The highest BCUT2D eigenvalue weighted by atomic mass is 16.5. The van der Waals surface area contributed by atoms with Gasteiger partial charge in [0.25, 0.3) is 5.91 Å². The molecule has 0 fully saturated rings. The number of amides is 2. The maximum atomic E-state index is 13.0. The van der Waals surface area contributed by atoms with Crippen molar-refractivity contribution in [3.05, 3.63) is 64.5 Å². The van der Waals surface area contributed by atoms with Crippen molar-refractivity contribution in [3.63, 3.8) is 0 Å². The third-order valence-electron chi connectivity index (χ3n) is 5.17. The van der Waals surface area contributed by atoms with Gasteiger partial charge in [0.05, 0.1) is 11.4 Å². The summed E-state index contributed by atoms with van der Waals surface area (Å²) in [6.45, 7) is 3.59. The molecule has 2 amide bonds. The maximum Gasteiger partial charge on any atom is 0.336 e. The van der Waals surface area contributed by atoms with Crippen LogP contribution in [-0.4, -0.2) is 24.5 Å². The Morgan fingerprint density at radius 3 is 2.80 bits per heavy atom. The summed E-state index contributed by atoms with van der Waals surface area (Å²) < 4.78 is 11.0. The average molecular weight is 406 g/mol. The minimum Gasteiger partial charge on any atom is -0.484 e. The van der Waals surface area contributed by atoms with Gasteiger partial charge >= 0.3 is 5.63 Å². The van der Waals surface area contributed by atoms with Crippen molar-refractivity contribution in [3.8, 4) is 5.75 Å². The first-order chi connectivity index (χ1) is 14.5. The zero-order valence-corrected chi connectivity index (χ0v) is 16.8. The molecule has 1 N–H and O–H groups in total. The highest BCUT2D eigenvalue weighted by Crippen LogP contribution is 2.31. The second-order valence-corrected chi connectivity index (χ2v) is 7.27. The van der Waals surface area contributed by atoms with E-state index in [9.17, 15) is 14.4 Å². The minimum absolute atomic E-state index is 0.137. The number of nitrogens with one attached hydrogen (secondary N) is 1. The molecule has 7 nitrogen and oxygen atoms in total. The fraction of sp³-hybridized carbons (Fsp3) is 0.261. The Labute approximate surface area is 173 Å². The van der Waals surface area contributed by atoms with E-state index in [1.165, 1.54) is 6.07 Å². The lowest BCUT2D eigenvalue weighted by Crippen LogP contribution is -2.41. The van der Waals surface area contributed by atoms with Crippen LogP contribution in [0.3, 0.4) is 0 Å². The van der Waals surface area contributed by atoms with Gasteiger partial charge in [0.15, 0.2) is 6.61 Å². The smallest absolute Gasteiger partial charge is 0.336 e. The normalized spacial score (nSPS) is 16.0. The molecule has 0 spiro atoms. The van der Waals surface area contributed by atoms with Gasteiger partial charge < -0.3 is 19.4 Å². The lowest BCUT2D eigenvalue weighted by molar-refractivity contribution is -0.121. The topological polar surface area (TPSA) is 88.8 Å². The summed E-state index contributed by atoms with van der Waals surface area (Å²) in [5.41, 5.74) is 2.14. The van der Waals surface area contributed by atoms with Gasteiger partial charge in [-0.3, -0.25) is 9.59 Å². The quantitative estimate of drug-likeness (QED) is 0.670. The number of nitrogens with zero attached hydrogens (tertiary/aromatic N) is 1. The van der Waals surface area contributed by atoms with Crippen LogP contribution in [0, 0.1) is 0 Å². The molecule has 4 rings (SSSR count). The Hall–Kier alpha value is -3.61. The van der Waals surface area contributed by atoms with E-state index in [1.807, 2.05) is 32.0 Å². The van der Waals surface area contributed by atoms with Gasteiger partial charge in [-0.05, 0) is 43.2 Å². The number of rotatable bonds is 4. The SMILES string of the molecule is CCc1cc(=O)oc2cc(OCC(=O)N3c4ccccc4NC(=O)CC3C)ccc12. The van der Waals surface area contributed by atoms with Crippen molar-refractivity contribution in [2.75, 3.05) is 16.8 Å². The van der Waals surface area contributed by atoms with Crippen molar-refractivity contribution < 1.29 is 18.7 Å². The van der Waals surface area contributed by atoms with Crippen molar-refractivity contribution >= 4 is 34.2 Å². The molecule has 0 aliphatic carbocycles. The second-order valence-electron chi connectivity index (χ2n) is 7.27. The van der Waals surface area contributed by atoms with Crippen LogP contribution in [0.25, 0.3) is 11.0 Å². The first-order valence-corrected chi connectivity index (χ1v) is 9.86. The summed E-state index contributed by atoms with van der Waals surface area (Å²) in [5.74, 6) is 0.0231. The van der Waals surface area contributed by atoms with Crippen molar-refractivity contribution in [2.24, 2.45) is 0 Å². The van der Waals surface area contributed by atoms with E-state index >= 15 is 0 Å². The predicted molar refractivity (Wildman–Crippen MR) is 114 cm³/mol. The molecule has 0 bridgehead atoms. The summed E-state index contributed by atoms with van der Waals surface area (Å²) in [7, 11) is 0. The van der Waals surface area contributed by atoms with E-state index in [1.54, 1.807) is 29.2 Å². The monoisotopic (exact) mass is 406 g/mol. The molecule has 154 valence electrons. The number of ether oxygens (including phenoxy) is 1. The molecule has 30 heavy (non-hydrogen) atoms. The number of carbonyl (C=O) groups excluding carboxylic acids is 2. The molecule has 1 atom stereocenters. The van der Waals surface area contributed by atoms with Crippen LogP contribution in [0.15, 0.2) is 57.7 Å². The number of aryl methyl sites for hydroxylation is 1. The van der Waals surface area contributed by atoms with E-state index in [0.29, 0.717) is 29.1 Å². The Bertz CT molecular complexity index is 1180. The number of carbonyl (C=O) groups is 2. The van der Waals surface area contributed by atoms with Gasteiger partial charge in [0.2, 0.25) is 5.91 Å². The number of hydrogen-bond donors (Lipinski definition) is 1. The third-order valence-corrected chi connectivity index (χ3v) is 5.17. The second kappa shape index (κ2) is 8.02. The highest BCUT2D eigenvalue weighted by molar-refractivity contribution is 6.04. The Balaban J connectivity index is 1.57. The molecule has 0 saturated heterocycles. The van der Waals surface area contributed by atoms with Crippen molar-refractivity contribution in [2.45, 2.75) is 32.7 Å². The lowest BCUT2D eigenvalue weighted by Gasteiger charge is -2.27. The molecule has 2 aromatic carbocycles. The van der Waals surface area contributed by atoms with Gasteiger partial charge in [-0.25, -0.2) is 4.79 Å². The molecule has 7 heteroatoms. The number of fused-ring (bicyclic) bond motifs is 2. The maximum absolute atomic E-state index is 13.0. The first-order valence-electron chi connectivity index (χ1n) is 9.86. The van der Waals surface area contributed by atoms with Crippen LogP contribution in [0.4, 0.5) is 11.4 Å². The number of hydrogen-bond acceptors (Lipinski definition) is 5. The van der Waals surface area contributed by atoms with Gasteiger partial charge in [0, 0.05) is 30.0 Å². The van der Waals surface area contributed by atoms with Crippen LogP contribution in [0.1, 0.15) is 25.8 Å². The molecule has 1 unspecified atom stereocenters. The molecular weight excluding hydrogens is 384 g/mol. The van der Waals surface area contributed by atoms with E-state index < -0.39 is 5.63 Å². The molecule has 0 radical (unpaired) electrons. The number of benzene rings is 2. The molecule has 1 aromatic heterocycles. The summed E-state index contributed by atoms with van der Waals surface area (Å²) in [6, 6.07) is 13.6.